The minimum atomic E-state index is -0.855. The Bertz CT molecular complexity index is 764. The van der Waals surface area contributed by atoms with Crippen molar-refractivity contribution in [3.63, 3.8) is 0 Å². The molecule has 1 atom stereocenters. The molecule has 0 bridgehead atoms. The van der Waals surface area contributed by atoms with Gasteiger partial charge in [0.15, 0.2) is 6.10 Å². The topological polar surface area (TPSA) is 89.7 Å². The molecule has 0 unspecified atom stereocenters. The molecule has 8 heteroatoms. The van der Waals surface area contributed by atoms with Crippen molar-refractivity contribution in [1.82, 2.24) is 24.5 Å². The zero-order chi connectivity index (χ0) is 17.3. The molecule has 0 aliphatic carbocycles. The zero-order valence-electron chi connectivity index (χ0n) is 14.1. The highest BCUT2D eigenvalue weighted by atomic mass is 16.5. The molecule has 8 nitrogen and oxygen atoms in total. The van der Waals surface area contributed by atoms with Gasteiger partial charge in [0.1, 0.15) is 0 Å². The molecule has 128 valence electrons. The Labute approximate surface area is 139 Å². The number of nitrogens with zero attached hydrogens (tertiary/aromatic N) is 5. The summed E-state index contributed by atoms with van der Waals surface area (Å²) >= 11 is 0. The third kappa shape index (κ3) is 3.22. The van der Waals surface area contributed by atoms with Gasteiger partial charge in [0.25, 0.3) is 17.5 Å². The van der Waals surface area contributed by atoms with Gasteiger partial charge in [0.2, 0.25) is 0 Å². The molecule has 0 saturated carbocycles. The lowest BCUT2D eigenvalue weighted by atomic mass is 9.99. The molecule has 3 rings (SSSR count). The van der Waals surface area contributed by atoms with Gasteiger partial charge in [-0.3, -0.25) is 4.79 Å². The van der Waals surface area contributed by atoms with Crippen LogP contribution in [0.4, 0.5) is 0 Å². The van der Waals surface area contributed by atoms with E-state index in [9.17, 15) is 9.59 Å². The number of rotatable bonds is 3. The van der Waals surface area contributed by atoms with E-state index < -0.39 is 12.1 Å². The van der Waals surface area contributed by atoms with E-state index in [0.717, 1.165) is 18.5 Å². The smallest absolute Gasteiger partial charge is 0.379 e. The van der Waals surface area contributed by atoms with Crippen molar-refractivity contribution < 1.29 is 14.3 Å². The normalized spacial score (nSPS) is 17.0. The Morgan fingerprint density at radius 2 is 2.04 bits per heavy atom. The fourth-order valence-corrected chi connectivity index (χ4v) is 2.74. The number of likely N-dealkylation sites (tertiary alicyclic amines) is 1. The van der Waals surface area contributed by atoms with Crippen LogP contribution in [0.15, 0.2) is 12.3 Å². The summed E-state index contributed by atoms with van der Waals surface area (Å²) < 4.78 is 6.72. The summed E-state index contributed by atoms with van der Waals surface area (Å²) in [6.07, 6.45) is 2.70. The van der Waals surface area contributed by atoms with Gasteiger partial charge < -0.3 is 9.64 Å². The molecular formula is C16H21N5O3. The Morgan fingerprint density at radius 3 is 2.71 bits per heavy atom. The number of hydrogen-bond donors (Lipinski definition) is 0. The number of aromatic nitrogens is 4. The van der Waals surface area contributed by atoms with Crippen molar-refractivity contribution in [2.45, 2.75) is 39.7 Å². The fourth-order valence-electron chi connectivity index (χ4n) is 2.74. The number of fused-ring (bicyclic) bond motifs is 1. The summed E-state index contributed by atoms with van der Waals surface area (Å²) in [6.45, 7) is 7.01. The Morgan fingerprint density at radius 1 is 1.33 bits per heavy atom. The van der Waals surface area contributed by atoms with E-state index in [1.807, 2.05) is 6.92 Å². The maximum Gasteiger partial charge on any atom is 0.379 e. The monoisotopic (exact) mass is 331 g/mol. The van der Waals surface area contributed by atoms with Gasteiger partial charge in [-0.25, -0.2) is 14.3 Å². The number of aryl methyl sites for hydroxylation is 1. The molecule has 3 heterocycles. The molecule has 0 N–H and O–H groups in total. The van der Waals surface area contributed by atoms with Gasteiger partial charge in [-0.05, 0) is 38.7 Å². The van der Waals surface area contributed by atoms with E-state index in [0.29, 0.717) is 24.8 Å². The molecule has 1 fully saturated rings. The van der Waals surface area contributed by atoms with Crippen molar-refractivity contribution >= 4 is 17.7 Å². The van der Waals surface area contributed by atoms with E-state index in [2.05, 4.69) is 22.0 Å². The summed E-state index contributed by atoms with van der Waals surface area (Å²) in [5.74, 6) is -0.0288. The molecular weight excluding hydrogens is 310 g/mol. The van der Waals surface area contributed by atoms with E-state index in [-0.39, 0.29) is 11.7 Å². The predicted molar refractivity (Wildman–Crippen MR) is 85.4 cm³/mol. The number of hydrogen-bond acceptors (Lipinski definition) is 6. The number of carbonyl (C=O) groups excluding carboxylic acids is 2. The van der Waals surface area contributed by atoms with Gasteiger partial charge in [0, 0.05) is 25.0 Å². The lowest BCUT2D eigenvalue weighted by molar-refractivity contribution is -0.141. The van der Waals surface area contributed by atoms with E-state index >= 15 is 0 Å². The third-order valence-electron chi connectivity index (χ3n) is 4.34. The van der Waals surface area contributed by atoms with Crippen LogP contribution < -0.4 is 0 Å². The highest BCUT2D eigenvalue weighted by Crippen LogP contribution is 2.17. The number of piperidine rings is 1. The third-order valence-corrected chi connectivity index (χ3v) is 4.34. The SMILES string of the molecule is Cc1ccnc2nc(C(=O)O[C@@H](C)C(=O)N3CCC(C)CC3)nn12. The summed E-state index contributed by atoms with van der Waals surface area (Å²) in [4.78, 5) is 34.5. The van der Waals surface area contributed by atoms with Crippen LogP contribution in [0.5, 0.6) is 0 Å². The zero-order valence-corrected chi connectivity index (χ0v) is 14.1. The maximum atomic E-state index is 12.4. The first-order valence-corrected chi connectivity index (χ1v) is 8.14. The molecule has 0 radical (unpaired) electrons. The van der Waals surface area contributed by atoms with Crippen LogP contribution >= 0.6 is 0 Å². The Kier molecular flexibility index (Phi) is 4.46. The molecule has 24 heavy (non-hydrogen) atoms. The lowest BCUT2D eigenvalue weighted by Crippen LogP contribution is -2.44. The largest absolute Gasteiger partial charge is 0.447 e. The Hall–Kier alpha value is -2.51. The second-order valence-electron chi connectivity index (χ2n) is 6.29. The van der Waals surface area contributed by atoms with Crippen molar-refractivity contribution in [2.24, 2.45) is 5.92 Å². The van der Waals surface area contributed by atoms with Gasteiger partial charge in [0.05, 0.1) is 0 Å². The summed E-state index contributed by atoms with van der Waals surface area (Å²) in [6, 6.07) is 1.76. The predicted octanol–water partition coefficient (Wildman–Crippen LogP) is 1.24. The molecule has 1 saturated heterocycles. The highest BCUT2D eigenvalue weighted by molar-refractivity contribution is 5.89. The van der Waals surface area contributed by atoms with Crippen LogP contribution in [0, 0.1) is 12.8 Å². The summed E-state index contributed by atoms with van der Waals surface area (Å²) in [5, 5.41) is 4.09. The second kappa shape index (κ2) is 6.54. The number of esters is 1. The van der Waals surface area contributed by atoms with Crippen molar-refractivity contribution in [1.29, 1.82) is 0 Å². The first kappa shape index (κ1) is 16.4. The standard InChI is InChI=1S/C16H21N5O3/c1-10-5-8-20(9-6-10)14(22)12(3)24-15(23)13-18-16-17-7-4-11(2)21(16)19-13/h4,7,10,12H,5-6,8-9H2,1-3H3/t12-/m0/s1. The van der Waals surface area contributed by atoms with Crippen LogP contribution in [-0.4, -0.2) is 55.6 Å². The molecule has 0 spiro atoms. The highest BCUT2D eigenvalue weighted by Gasteiger charge is 2.28. The first-order chi connectivity index (χ1) is 11.5. The van der Waals surface area contributed by atoms with Crippen LogP contribution in [0.3, 0.4) is 0 Å². The Balaban J connectivity index is 1.66. The molecule has 1 aliphatic heterocycles. The molecule has 2 aromatic heterocycles. The average Bonchev–Trinajstić information content (AvgIpc) is 3.00. The first-order valence-electron chi connectivity index (χ1n) is 8.14. The quantitative estimate of drug-likeness (QED) is 0.786. The minimum Gasteiger partial charge on any atom is -0.447 e. The van der Waals surface area contributed by atoms with Crippen molar-refractivity contribution in [3.8, 4) is 0 Å². The van der Waals surface area contributed by atoms with Crippen molar-refractivity contribution in [3.05, 3.63) is 23.8 Å². The number of ether oxygens (including phenoxy) is 1. The van der Waals surface area contributed by atoms with Gasteiger partial charge in [-0.15, -0.1) is 5.10 Å². The van der Waals surface area contributed by atoms with Crippen LogP contribution in [0.2, 0.25) is 0 Å². The molecule has 2 aromatic rings. The van der Waals surface area contributed by atoms with Gasteiger partial charge >= 0.3 is 5.97 Å². The minimum absolute atomic E-state index is 0.0938. The second-order valence-corrected chi connectivity index (χ2v) is 6.29. The van der Waals surface area contributed by atoms with Crippen LogP contribution in [0.25, 0.3) is 5.78 Å². The lowest BCUT2D eigenvalue weighted by Gasteiger charge is -2.31. The average molecular weight is 331 g/mol. The van der Waals surface area contributed by atoms with E-state index in [4.69, 9.17) is 4.74 Å². The molecule has 0 aromatic carbocycles. The maximum absolute atomic E-state index is 12.4. The molecule has 1 aliphatic rings. The number of carbonyl (C=O) groups is 2. The summed E-state index contributed by atoms with van der Waals surface area (Å²) in [5.41, 5.74) is 0.804. The fraction of sp³-hybridized carbons (Fsp3) is 0.562. The van der Waals surface area contributed by atoms with Crippen LogP contribution in [-0.2, 0) is 9.53 Å². The van der Waals surface area contributed by atoms with Gasteiger partial charge in [-0.1, -0.05) is 6.92 Å². The van der Waals surface area contributed by atoms with Crippen molar-refractivity contribution in [2.75, 3.05) is 13.1 Å². The van der Waals surface area contributed by atoms with Gasteiger partial charge in [-0.2, -0.15) is 4.98 Å². The van der Waals surface area contributed by atoms with Crippen LogP contribution in [0.1, 0.15) is 43.0 Å². The van der Waals surface area contributed by atoms with E-state index in [1.54, 1.807) is 24.1 Å². The van der Waals surface area contributed by atoms with E-state index in [1.165, 1.54) is 4.52 Å². The number of amides is 1. The molecule has 1 amide bonds. The summed E-state index contributed by atoms with van der Waals surface area (Å²) in [7, 11) is 0.